The van der Waals surface area contributed by atoms with E-state index in [-0.39, 0.29) is 36.0 Å². The number of unbranched alkanes of at least 4 members (excludes halogenated alkanes) is 1. The normalized spacial score (nSPS) is 11.9. The monoisotopic (exact) mass is 395 g/mol. The Bertz CT molecular complexity index is 796. The number of oxime groups is 1. The van der Waals surface area contributed by atoms with Crippen LogP contribution in [-0.2, 0) is 20.5 Å². The van der Waals surface area contributed by atoms with Crippen LogP contribution in [0.15, 0.2) is 47.8 Å². The van der Waals surface area contributed by atoms with E-state index in [2.05, 4.69) is 15.4 Å². The number of nitrogens with zero attached hydrogens (tertiary/aromatic N) is 3. The minimum Gasteiger partial charge on any atom is -0.466 e. The molecule has 1 heterocycles. The molecule has 9 heteroatoms. The Kier molecular flexibility index (Phi) is 7.91. The maximum absolute atomic E-state index is 13.0. The fourth-order valence-corrected chi connectivity index (χ4v) is 2.30. The molecule has 0 unspecified atom stereocenters. The Morgan fingerprint density at radius 2 is 2.00 bits per heavy atom. The van der Waals surface area contributed by atoms with Gasteiger partial charge in [0.05, 0.1) is 12.2 Å². The average molecular weight is 395 g/mol. The molecular formula is C19H20F3N3O3. The molecule has 1 aromatic heterocycles. The molecule has 0 amide bonds. The number of benzene rings is 1. The lowest BCUT2D eigenvalue weighted by atomic mass is 10.0. The van der Waals surface area contributed by atoms with Crippen molar-refractivity contribution in [2.45, 2.75) is 32.4 Å². The summed E-state index contributed by atoms with van der Waals surface area (Å²) in [6.45, 7) is 2.26. The van der Waals surface area contributed by atoms with Crippen molar-refractivity contribution in [3.8, 4) is 0 Å². The second-order valence-electron chi connectivity index (χ2n) is 5.72. The lowest BCUT2D eigenvalue weighted by Gasteiger charge is -2.10. The standard InChI is InChI=1S/C19H20F3N3O3/c1-2-27-17(26)10-3-4-12-28-25-18(16-9-6-11-23-24-16)14-7-5-8-15(13-14)19(20,21)22/h5-9,11,13H,2-4,10,12H2,1H3/b25-18+. The van der Waals surface area contributed by atoms with Gasteiger partial charge in [0.1, 0.15) is 18.0 Å². The molecule has 2 aromatic rings. The summed E-state index contributed by atoms with van der Waals surface area (Å²) in [6, 6.07) is 7.93. The van der Waals surface area contributed by atoms with Gasteiger partial charge in [-0.25, -0.2) is 0 Å². The number of aromatic nitrogens is 2. The third kappa shape index (κ3) is 6.64. The molecular weight excluding hydrogens is 375 g/mol. The van der Waals surface area contributed by atoms with E-state index < -0.39 is 11.7 Å². The Hall–Kier alpha value is -2.97. The molecule has 0 N–H and O–H groups in total. The summed E-state index contributed by atoms with van der Waals surface area (Å²) in [7, 11) is 0. The number of esters is 1. The van der Waals surface area contributed by atoms with Crippen LogP contribution >= 0.6 is 0 Å². The summed E-state index contributed by atoms with van der Waals surface area (Å²) in [5, 5.41) is 11.6. The molecule has 2 rings (SSSR count). The molecule has 0 saturated carbocycles. The van der Waals surface area contributed by atoms with E-state index >= 15 is 0 Å². The minimum absolute atomic E-state index is 0.143. The van der Waals surface area contributed by atoms with E-state index in [1.165, 1.54) is 18.3 Å². The van der Waals surface area contributed by atoms with E-state index in [1.807, 2.05) is 0 Å². The highest BCUT2D eigenvalue weighted by atomic mass is 19.4. The van der Waals surface area contributed by atoms with E-state index in [0.29, 0.717) is 19.4 Å². The fraction of sp³-hybridized carbons (Fsp3) is 0.368. The lowest BCUT2D eigenvalue weighted by molar-refractivity contribution is -0.143. The van der Waals surface area contributed by atoms with Gasteiger partial charge in [0.15, 0.2) is 0 Å². The quantitative estimate of drug-likeness (QED) is 0.278. The summed E-state index contributed by atoms with van der Waals surface area (Å²) >= 11 is 0. The number of carbonyl (C=O) groups excluding carboxylic acids is 1. The zero-order valence-electron chi connectivity index (χ0n) is 15.3. The van der Waals surface area contributed by atoms with Crippen molar-refractivity contribution in [3.05, 3.63) is 59.4 Å². The Labute approximate surface area is 160 Å². The van der Waals surface area contributed by atoms with Gasteiger partial charge in [0.2, 0.25) is 0 Å². The number of halogens is 3. The van der Waals surface area contributed by atoms with Gasteiger partial charge in [-0.1, -0.05) is 17.3 Å². The number of ether oxygens (including phenoxy) is 1. The SMILES string of the molecule is CCOC(=O)CCCCO/N=C(\c1cccc(C(F)(F)F)c1)c1cccnn1. The average Bonchev–Trinajstić information content (AvgIpc) is 2.68. The molecule has 0 radical (unpaired) electrons. The van der Waals surface area contributed by atoms with E-state index in [1.54, 1.807) is 19.1 Å². The van der Waals surface area contributed by atoms with Crippen LogP contribution in [0.5, 0.6) is 0 Å². The van der Waals surface area contributed by atoms with Gasteiger partial charge >= 0.3 is 12.1 Å². The van der Waals surface area contributed by atoms with Crippen molar-refractivity contribution in [3.63, 3.8) is 0 Å². The Balaban J connectivity index is 2.09. The first kappa shape index (κ1) is 21.3. The smallest absolute Gasteiger partial charge is 0.416 e. The van der Waals surface area contributed by atoms with Crippen molar-refractivity contribution >= 4 is 11.7 Å². The molecule has 0 spiro atoms. The molecule has 0 fully saturated rings. The molecule has 0 aliphatic rings. The Morgan fingerprint density at radius 3 is 2.68 bits per heavy atom. The van der Waals surface area contributed by atoms with Crippen LogP contribution in [0.25, 0.3) is 0 Å². The number of rotatable bonds is 9. The van der Waals surface area contributed by atoms with Crippen molar-refractivity contribution < 1.29 is 27.5 Å². The maximum atomic E-state index is 13.0. The van der Waals surface area contributed by atoms with Crippen molar-refractivity contribution in [2.24, 2.45) is 5.16 Å². The van der Waals surface area contributed by atoms with Gasteiger partial charge in [0.25, 0.3) is 0 Å². The summed E-state index contributed by atoms with van der Waals surface area (Å²) in [5.41, 5.74) is -0.157. The molecule has 0 aliphatic heterocycles. The molecule has 0 aliphatic carbocycles. The highest BCUT2D eigenvalue weighted by molar-refractivity contribution is 6.11. The number of alkyl halides is 3. The van der Waals surface area contributed by atoms with Gasteiger partial charge in [-0.3, -0.25) is 4.79 Å². The van der Waals surface area contributed by atoms with Crippen molar-refractivity contribution in [1.82, 2.24) is 10.2 Å². The van der Waals surface area contributed by atoms with Crippen LogP contribution in [-0.4, -0.2) is 35.1 Å². The highest BCUT2D eigenvalue weighted by Crippen LogP contribution is 2.30. The summed E-state index contributed by atoms with van der Waals surface area (Å²) < 4.78 is 43.9. The topological polar surface area (TPSA) is 73.7 Å². The van der Waals surface area contributed by atoms with Crippen LogP contribution in [0.4, 0.5) is 13.2 Å². The number of hydrogen-bond donors (Lipinski definition) is 0. The third-order valence-corrected chi connectivity index (χ3v) is 3.61. The first-order valence-corrected chi connectivity index (χ1v) is 8.73. The summed E-state index contributed by atoms with van der Waals surface area (Å²) in [6.07, 6.45) is -1.66. The number of hydrogen-bond acceptors (Lipinski definition) is 6. The van der Waals surface area contributed by atoms with Crippen molar-refractivity contribution in [1.29, 1.82) is 0 Å². The van der Waals surface area contributed by atoms with E-state index in [0.717, 1.165) is 12.1 Å². The molecule has 1 aromatic carbocycles. The highest BCUT2D eigenvalue weighted by Gasteiger charge is 2.31. The van der Waals surface area contributed by atoms with Crippen LogP contribution in [0.2, 0.25) is 0 Å². The predicted molar refractivity (Wildman–Crippen MR) is 95.6 cm³/mol. The van der Waals surface area contributed by atoms with Gasteiger partial charge in [0, 0.05) is 18.2 Å². The van der Waals surface area contributed by atoms with E-state index in [4.69, 9.17) is 9.57 Å². The van der Waals surface area contributed by atoms with Gasteiger partial charge in [-0.2, -0.15) is 18.3 Å². The predicted octanol–water partition coefficient (Wildman–Crippen LogP) is 4.00. The number of carbonyl (C=O) groups is 1. The molecule has 0 saturated heterocycles. The third-order valence-electron chi connectivity index (χ3n) is 3.61. The van der Waals surface area contributed by atoms with Crippen molar-refractivity contribution in [2.75, 3.05) is 13.2 Å². The Morgan fingerprint density at radius 1 is 1.18 bits per heavy atom. The molecule has 0 bridgehead atoms. The molecule has 28 heavy (non-hydrogen) atoms. The largest absolute Gasteiger partial charge is 0.466 e. The first-order valence-electron chi connectivity index (χ1n) is 8.73. The second kappa shape index (κ2) is 10.4. The van der Waals surface area contributed by atoms with Crippen LogP contribution in [0.1, 0.15) is 43.0 Å². The first-order chi connectivity index (χ1) is 13.4. The van der Waals surface area contributed by atoms with Crippen LogP contribution in [0.3, 0.4) is 0 Å². The molecule has 150 valence electrons. The van der Waals surface area contributed by atoms with Crippen LogP contribution in [0, 0.1) is 0 Å². The van der Waals surface area contributed by atoms with Gasteiger partial charge in [-0.15, -0.1) is 5.10 Å². The molecule has 6 nitrogen and oxygen atoms in total. The zero-order valence-corrected chi connectivity index (χ0v) is 15.3. The lowest BCUT2D eigenvalue weighted by Crippen LogP contribution is -2.11. The zero-order chi connectivity index (χ0) is 20.4. The maximum Gasteiger partial charge on any atom is 0.416 e. The molecule has 0 atom stereocenters. The minimum atomic E-state index is -4.47. The fourth-order valence-electron chi connectivity index (χ4n) is 2.30. The summed E-state index contributed by atoms with van der Waals surface area (Å²) in [4.78, 5) is 16.5. The second-order valence-corrected chi connectivity index (χ2v) is 5.72. The van der Waals surface area contributed by atoms with Gasteiger partial charge in [-0.05, 0) is 44.0 Å². The summed E-state index contributed by atoms with van der Waals surface area (Å²) in [5.74, 6) is -0.282. The van der Waals surface area contributed by atoms with Gasteiger partial charge < -0.3 is 9.57 Å². The van der Waals surface area contributed by atoms with E-state index in [9.17, 15) is 18.0 Å². The van der Waals surface area contributed by atoms with Crippen LogP contribution < -0.4 is 0 Å².